The molecule has 4 nitrogen and oxygen atoms in total. The van der Waals surface area contributed by atoms with Gasteiger partial charge in [0.25, 0.3) is 0 Å². The summed E-state index contributed by atoms with van der Waals surface area (Å²) in [7, 11) is 3.42. The van der Waals surface area contributed by atoms with Crippen LogP contribution in [-0.4, -0.2) is 48.8 Å². The Kier molecular flexibility index (Phi) is 2.35. The van der Waals surface area contributed by atoms with Gasteiger partial charge in [0.05, 0.1) is 5.92 Å². The highest BCUT2D eigenvalue weighted by Crippen LogP contribution is 2.16. The van der Waals surface area contributed by atoms with Crippen molar-refractivity contribution in [3.63, 3.8) is 0 Å². The van der Waals surface area contributed by atoms with Gasteiger partial charge in [0.2, 0.25) is 0 Å². The van der Waals surface area contributed by atoms with Crippen LogP contribution in [0.25, 0.3) is 0 Å². The number of rotatable bonds is 1. The van der Waals surface area contributed by atoms with E-state index in [9.17, 15) is 9.59 Å². The molecule has 0 aromatic heterocycles. The van der Waals surface area contributed by atoms with Crippen LogP contribution in [0.15, 0.2) is 0 Å². The van der Waals surface area contributed by atoms with E-state index in [1.54, 1.807) is 25.9 Å². The maximum absolute atomic E-state index is 11.2. The van der Waals surface area contributed by atoms with E-state index in [2.05, 4.69) is 0 Å². The van der Waals surface area contributed by atoms with Crippen LogP contribution < -0.4 is 0 Å². The summed E-state index contributed by atoms with van der Waals surface area (Å²) in [6.45, 7) is 2.75. The summed E-state index contributed by atoms with van der Waals surface area (Å²) in [6, 6.07) is -0.00694. The van der Waals surface area contributed by atoms with Crippen molar-refractivity contribution in [3.05, 3.63) is 0 Å². The Hall–Kier alpha value is -1.06. The van der Waals surface area contributed by atoms with Crippen LogP contribution >= 0.6 is 0 Å². The van der Waals surface area contributed by atoms with Crippen molar-refractivity contribution in [2.75, 3.05) is 27.2 Å². The highest BCUT2D eigenvalue weighted by atomic mass is 16.2. The summed E-state index contributed by atoms with van der Waals surface area (Å²) in [6.07, 6.45) is 0. The number of amides is 2. The van der Waals surface area contributed by atoms with E-state index < -0.39 is 0 Å². The van der Waals surface area contributed by atoms with Crippen LogP contribution in [0.3, 0.4) is 0 Å². The summed E-state index contributed by atoms with van der Waals surface area (Å²) >= 11 is 0. The molecule has 0 N–H and O–H groups in total. The normalized spacial score (nSPS) is 17.1. The molecular formula is C8H14N2O2. The molecule has 0 aliphatic carbocycles. The third-order valence-corrected chi connectivity index (χ3v) is 2.11. The Labute approximate surface area is 72.1 Å². The van der Waals surface area contributed by atoms with Crippen molar-refractivity contribution in [3.8, 4) is 0 Å². The number of likely N-dealkylation sites (tertiary alicyclic amines) is 1. The fraction of sp³-hybridized carbons (Fsp3) is 0.750. The van der Waals surface area contributed by atoms with E-state index in [1.807, 2.05) is 0 Å². The summed E-state index contributed by atoms with van der Waals surface area (Å²) in [4.78, 5) is 25.2. The zero-order valence-electron chi connectivity index (χ0n) is 7.70. The smallest absolute Gasteiger partial charge is 0.319 e. The third-order valence-electron chi connectivity index (χ3n) is 2.11. The van der Waals surface area contributed by atoms with Crippen LogP contribution in [0.5, 0.6) is 0 Å². The van der Waals surface area contributed by atoms with Gasteiger partial charge in [0, 0.05) is 27.2 Å². The van der Waals surface area contributed by atoms with Crippen LogP contribution in [0.2, 0.25) is 0 Å². The quantitative estimate of drug-likeness (QED) is 0.563. The molecule has 2 amide bonds. The van der Waals surface area contributed by atoms with E-state index in [4.69, 9.17) is 0 Å². The molecule has 0 spiro atoms. The first kappa shape index (κ1) is 9.03. The highest BCUT2D eigenvalue weighted by Gasteiger charge is 2.33. The molecule has 1 heterocycles. The number of carbonyl (C=O) groups is 2. The maximum Gasteiger partial charge on any atom is 0.319 e. The number of nitrogens with zero attached hydrogens (tertiary/aromatic N) is 2. The van der Waals surface area contributed by atoms with Crippen LogP contribution in [0, 0.1) is 5.92 Å². The van der Waals surface area contributed by atoms with Crippen LogP contribution in [-0.2, 0) is 4.79 Å². The number of Topliss-reactive ketones (excluding diaryl/α,β-unsaturated/α-hetero) is 1. The molecular weight excluding hydrogens is 156 g/mol. The minimum Gasteiger partial charge on any atom is -0.331 e. The van der Waals surface area contributed by atoms with Crippen molar-refractivity contribution in [2.24, 2.45) is 5.92 Å². The Morgan fingerprint density at radius 1 is 1.33 bits per heavy atom. The fourth-order valence-corrected chi connectivity index (χ4v) is 1.17. The van der Waals surface area contributed by atoms with Gasteiger partial charge >= 0.3 is 6.03 Å². The molecule has 12 heavy (non-hydrogen) atoms. The largest absolute Gasteiger partial charge is 0.331 e. The van der Waals surface area contributed by atoms with Gasteiger partial charge < -0.3 is 9.80 Å². The molecule has 0 unspecified atom stereocenters. The second-order valence-electron chi connectivity index (χ2n) is 3.39. The van der Waals surface area contributed by atoms with Gasteiger partial charge in [-0.15, -0.1) is 0 Å². The molecule has 1 saturated heterocycles. The first-order valence-electron chi connectivity index (χ1n) is 3.99. The first-order valence-corrected chi connectivity index (χ1v) is 3.99. The number of carbonyl (C=O) groups excluding carboxylic acids is 2. The number of hydrogen-bond acceptors (Lipinski definition) is 2. The van der Waals surface area contributed by atoms with Gasteiger partial charge in [-0.1, -0.05) is 0 Å². The lowest BCUT2D eigenvalue weighted by Crippen LogP contribution is -2.55. The molecule has 1 aliphatic rings. The molecule has 0 radical (unpaired) electrons. The van der Waals surface area contributed by atoms with Crippen molar-refractivity contribution < 1.29 is 9.59 Å². The van der Waals surface area contributed by atoms with Crippen molar-refractivity contribution in [1.82, 2.24) is 9.80 Å². The number of urea groups is 1. The minimum absolute atomic E-state index is 0.00694. The standard InChI is InChI=1S/C8H14N2O2/c1-6(11)7-4-10(5-7)8(12)9(2)3/h7H,4-5H2,1-3H3. The molecule has 1 fully saturated rings. The van der Waals surface area contributed by atoms with Crippen molar-refractivity contribution >= 4 is 11.8 Å². The van der Waals surface area contributed by atoms with Gasteiger partial charge in [-0.25, -0.2) is 4.79 Å². The van der Waals surface area contributed by atoms with Crippen LogP contribution in [0.4, 0.5) is 4.79 Å². The predicted octanol–water partition coefficient (Wildman–Crippen LogP) is 0.189. The third kappa shape index (κ3) is 1.57. The van der Waals surface area contributed by atoms with E-state index in [1.165, 1.54) is 4.90 Å². The zero-order chi connectivity index (χ0) is 9.30. The molecule has 0 bridgehead atoms. The second-order valence-corrected chi connectivity index (χ2v) is 3.39. The summed E-state index contributed by atoms with van der Waals surface area (Å²) in [5.41, 5.74) is 0. The topological polar surface area (TPSA) is 40.6 Å². The monoisotopic (exact) mass is 170 g/mol. The zero-order valence-corrected chi connectivity index (χ0v) is 7.70. The van der Waals surface area contributed by atoms with Gasteiger partial charge in [-0.2, -0.15) is 0 Å². The van der Waals surface area contributed by atoms with Crippen LogP contribution in [0.1, 0.15) is 6.92 Å². The molecule has 4 heteroatoms. The SMILES string of the molecule is CC(=O)C1CN(C(=O)N(C)C)C1. The predicted molar refractivity (Wildman–Crippen MR) is 44.8 cm³/mol. The first-order chi connectivity index (χ1) is 5.52. The molecule has 1 aliphatic heterocycles. The van der Waals surface area contributed by atoms with Crippen molar-refractivity contribution in [1.29, 1.82) is 0 Å². The van der Waals surface area contributed by atoms with E-state index in [-0.39, 0.29) is 17.7 Å². The average Bonchev–Trinajstić information content (AvgIpc) is 1.82. The Balaban J connectivity index is 2.35. The van der Waals surface area contributed by atoms with Gasteiger partial charge in [-0.05, 0) is 6.92 Å². The van der Waals surface area contributed by atoms with Gasteiger partial charge in [0.1, 0.15) is 5.78 Å². The fourth-order valence-electron chi connectivity index (χ4n) is 1.17. The Bertz CT molecular complexity index is 207. The van der Waals surface area contributed by atoms with E-state index in [0.29, 0.717) is 13.1 Å². The maximum atomic E-state index is 11.2. The van der Waals surface area contributed by atoms with Crippen molar-refractivity contribution in [2.45, 2.75) is 6.92 Å². The summed E-state index contributed by atoms with van der Waals surface area (Å²) < 4.78 is 0. The Morgan fingerprint density at radius 3 is 2.17 bits per heavy atom. The lowest BCUT2D eigenvalue weighted by molar-refractivity contribution is -0.124. The summed E-state index contributed by atoms with van der Waals surface area (Å²) in [5, 5.41) is 0. The number of hydrogen-bond donors (Lipinski definition) is 0. The molecule has 68 valence electrons. The van der Waals surface area contributed by atoms with Gasteiger partial charge in [0.15, 0.2) is 0 Å². The minimum atomic E-state index is -0.00694. The summed E-state index contributed by atoms with van der Waals surface area (Å²) in [5.74, 6) is 0.256. The lowest BCUT2D eigenvalue weighted by atomic mass is 9.97. The molecule has 0 aromatic rings. The number of ketones is 1. The Morgan fingerprint density at radius 2 is 1.83 bits per heavy atom. The van der Waals surface area contributed by atoms with E-state index in [0.717, 1.165) is 0 Å². The van der Waals surface area contributed by atoms with Gasteiger partial charge in [-0.3, -0.25) is 4.79 Å². The average molecular weight is 170 g/mol. The van der Waals surface area contributed by atoms with E-state index >= 15 is 0 Å². The highest BCUT2D eigenvalue weighted by molar-refractivity contribution is 5.83. The molecule has 1 rings (SSSR count). The molecule has 0 atom stereocenters. The lowest BCUT2D eigenvalue weighted by Gasteiger charge is -2.39. The molecule has 0 aromatic carbocycles. The second kappa shape index (κ2) is 3.13. The molecule has 0 saturated carbocycles.